The average Bonchev–Trinajstić information content (AvgIpc) is 2.26. The predicted octanol–water partition coefficient (Wildman–Crippen LogP) is 4.60. The summed E-state index contributed by atoms with van der Waals surface area (Å²) in [5.41, 5.74) is -1.20. The average molecular weight is 266 g/mol. The largest absolute Gasteiger partial charge is 0.443 e. The van der Waals surface area contributed by atoms with E-state index in [0.717, 1.165) is 0 Å². The van der Waals surface area contributed by atoms with Gasteiger partial charge in [-0.3, -0.25) is 0 Å². The Morgan fingerprint density at radius 2 is 1.67 bits per heavy atom. The van der Waals surface area contributed by atoms with E-state index in [4.69, 9.17) is 0 Å². The van der Waals surface area contributed by atoms with Gasteiger partial charge >= 0.3 is 6.18 Å². The van der Waals surface area contributed by atoms with E-state index in [1.807, 2.05) is 0 Å². The molecule has 0 amide bonds. The molecule has 0 bridgehead atoms. The van der Waals surface area contributed by atoms with Crippen molar-refractivity contribution >= 4 is 0 Å². The third-order valence-corrected chi connectivity index (χ3v) is 2.89. The van der Waals surface area contributed by atoms with Crippen LogP contribution in [0.2, 0.25) is 0 Å². The van der Waals surface area contributed by atoms with Gasteiger partial charge in [-0.2, -0.15) is 13.2 Å². The van der Waals surface area contributed by atoms with Gasteiger partial charge in [-0.25, -0.2) is 13.2 Å². The van der Waals surface area contributed by atoms with E-state index >= 15 is 0 Å². The quantitative estimate of drug-likeness (QED) is 0.652. The summed E-state index contributed by atoms with van der Waals surface area (Å²) in [6.45, 7) is 0. The summed E-state index contributed by atoms with van der Waals surface area (Å²) in [6, 6.07) is 7.43. The summed E-state index contributed by atoms with van der Waals surface area (Å²) < 4.78 is 75.9. The van der Waals surface area contributed by atoms with Gasteiger partial charge in [0.2, 0.25) is 5.83 Å². The molecule has 1 aliphatic rings. The maximum absolute atomic E-state index is 13.1. The number of hydrogen-bond donors (Lipinski definition) is 0. The highest BCUT2D eigenvalue weighted by molar-refractivity contribution is 5.42. The zero-order valence-electron chi connectivity index (χ0n) is 8.94. The van der Waals surface area contributed by atoms with Gasteiger partial charge in [0.15, 0.2) is 0 Å². The molecule has 6 heteroatoms. The van der Waals surface area contributed by atoms with E-state index in [0.29, 0.717) is 0 Å². The minimum atomic E-state index is -5.37. The fourth-order valence-corrected chi connectivity index (χ4v) is 2.03. The zero-order valence-corrected chi connectivity index (χ0v) is 8.94. The van der Waals surface area contributed by atoms with Crippen molar-refractivity contribution in [3.8, 4) is 0 Å². The fourth-order valence-electron chi connectivity index (χ4n) is 2.03. The lowest BCUT2D eigenvalue weighted by molar-refractivity contribution is -0.120. The van der Waals surface area contributed by atoms with Crippen LogP contribution in [0.1, 0.15) is 17.9 Å². The molecule has 0 radical (unpaired) electrons. The van der Waals surface area contributed by atoms with Crippen molar-refractivity contribution in [1.82, 2.24) is 0 Å². The Labute approximate surface area is 98.9 Å². The standard InChI is InChI=1S/C12H8F6/c13-10(12(16,17)18)9-8(6-11(9,14)15)7-4-2-1-3-5-7/h1-5,8H,6H2. The van der Waals surface area contributed by atoms with Crippen LogP contribution in [0.5, 0.6) is 0 Å². The molecule has 2 rings (SSSR count). The Kier molecular flexibility index (Phi) is 2.91. The molecule has 0 saturated heterocycles. The first-order chi connectivity index (χ1) is 8.23. The van der Waals surface area contributed by atoms with Crippen molar-refractivity contribution in [2.45, 2.75) is 24.4 Å². The van der Waals surface area contributed by atoms with E-state index in [9.17, 15) is 26.3 Å². The van der Waals surface area contributed by atoms with Crippen LogP contribution < -0.4 is 0 Å². The highest BCUT2D eigenvalue weighted by Crippen LogP contribution is 2.56. The number of benzene rings is 1. The zero-order chi connectivity index (χ0) is 13.6. The topological polar surface area (TPSA) is 0 Å². The minimum absolute atomic E-state index is 0.262. The smallest absolute Gasteiger partial charge is 0.202 e. The molecule has 1 atom stereocenters. The Bertz CT molecular complexity index is 471. The van der Waals surface area contributed by atoms with Crippen molar-refractivity contribution < 1.29 is 26.3 Å². The molecule has 1 saturated carbocycles. The van der Waals surface area contributed by atoms with E-state index in [2.05, 4.69) is 0 Å². The van der Waals surface area contributed by atoms with Crippen molar-refractivity contribution in [2.75, 3.05) is 0 Å². The molecule has 1 aromatic rings. The number of allylic oxidation sites excluding steroid dienone is 2. The first-order valence-corrected chi connectivity index (χ1v) is 5.13. The normalized spacial score (nSPS) is 25.6. The van der Waals surface area contributed by atoms with Gasteiger partial charge in [0.1, 0.15) is 0 Å². The van der Waals surface area contributed by atoms with Crippen molar-refractivity contribution in [2.24, 2.45) is 0 Å². The molecule has 1 fully saturated rings. The molecule has 1 unspecified atom stereocenters. The molecule has 0 spiro atoms. The molecule has 18 heavy (non-hydrogen) atoms. The fraction of sp³-hybridized carbons (Fsp3) is 0.333. The molecule has 1 aromatic carbocycles. The molecule has 0 nitrogen and oxygen atoms in total. The number of alkyl halides is 5. The van der Waals surface area contributed by atoms with Crippen LogP contribution >= 0.6 is 0 Å². The van der Waals surface area contributed by atoms with Crippen molar-refractivity contribution in [1.29, 1.82) is 0 Å². The Balaban J connectivity index is 2.43. The second kappa shape index (κ2) is 4.03. The molecule has 0 aromatic heterocycles. The van der Waals surface area contributed by atoms with Crippen LogP contribution in [0.25, 0.3) is 0 Å². The highest BCUT2D eigenvalue weighted by atomic mass is 19.4. The summed E-state index contributed by atoms with van der Waals surface area (Å²) in [5.74, 6) is -7.60. The molecule has 1 aliphatic carbocycles. The molecule has 0 heterocycles. The maximum Gasteiger partial charge on any atom is 0.443 e. The SMILES string of the molecule is FC(=C1C(c2ccccc2)CC1(F)F)C(F)(F)F. The van der Waals surface area contributed by atoms with E-state index in [1.165, 1.54) is 24.3 Å². The van der Waals surface area contributed by atoms with Gasteiger partial charge in [0, 0.05) is 17.9 Å². The Morgan fingerprint density at radius 3 is 2.11 bits per heavy atom. The summed E-state index contributed by atoms with van der Waals surface area (Å²) in [4.78, 5) is 0. The van der Waals surface area contributed by atoms with Crippen LogP contribution in [0.3, 0.4) is 0 Å². The first kappa shape index (κ1) is 13.0. The predicted molar refractivity (Wildman–Crippen MR) is 52.9 cm³/mol. The van der Waals surface area contributed by atoms with Crippen molar-refractivity contribution in [3.63, 3.8) is 0 Å². The second-order valence-corrected chi connectivity index (χ2v) is 4.10. The maximum atomic E-state index is 13.1. The third-order valence-electron chi connectivity index (χ3n) is 2.89. The molecule has 0 N–H and O–H groups in total. The lowest BCUT2D eigenvalue weighted by Gasteiger charge is -2.39. The summed E-state index contributed by atoms with van der Waals surface area (Å²) in [6.07, 6.45) is -6.16. The van der Waals surface area contributed by atoms with Gasteiger partial charge in [0.05, 0.1) is 0 Å². The number of hydrogen-bond acceptors (Lipinski definition) is 0. The van der Waals surface area contributed by atoms with Crippen LogP contribution in [0.4, 0.5) is 26.3 Å². The molecule has 0 aliphatic heterocycles. The summed E-state index contributed by atoms with van der Waals surface area (Å²) in [7, 11) is 0. The number of rotatable bonds is 1. The molecular formula is C12H8F6. The highest BCUT2D eigenvalue weighted by Gasteiger charge is 2.57. The Hall–Kier alpha value is -1.46. The first-order valence-electron chi connectivity index (χ1n) is 5.13. The van der Waals surface area contributed by atoms with Gasteiger partial charge in [-0.15, -0.1) is 0 Å². The van der Waals surface area contributed by atoms with Gasteiger partial charge in [0.25, 0.3) is 5.92 Å². The molecular weight excluding hydrogens is 258 g/mol. The Morgan fingerprint density at radius 1 is 1.11 bits per heavy atom. The summed E-state index contributed by atoms with van der Waals surface area (Å²) >= 11 is 0. The van der Waals surface area contributed by atoms with E-state index in [1.54, 1.807) is 6.07 Å². The van der Waals surface area contributed by atoms with E-state index in [-0.39, 0.29) is 5.56 Å². The summed E-state index contributed by atoms with van der Waals surface area (Å²) in [5, 5.41) is 0. The number of halogens is 6. The van der Waals surface area contributed by atoms with Crippen LogP contribution in [0, 0.1) is 0 Å². The minimum Gasteiger partial charge on any atom is -0.202 e. The molecule has 98 valence electrons. The van der Waals surface area contributed by atoms with Gasteiger partial charge in [-0.1, -0.05) is 30.3 Å². The lowest BCUT2D eigenvalue weighted by atomic mass is 9.71. The monoisotopic (exact) mass is 266 g/mol. The second-order valence-electron chi connectivity index (χ2n) is 4.10. The third kappa shape index (κ3) is 2.11. The van der Waals surface area contributed by atoms with E-state index < -0.39 is 35.8 Å². The van der Waals surface area contributed by atoms with Crippen LogP contribution in [-0.4, -0.2) is 12.1 Å². The van der Waals surface area contributed by atoms with Gasteiger partial charge in [-0.05, 0) is 5.56 Å². The van der Waals surface area contributed by atoms with Crippen LogP contribution in [-0.2, 0) is 0 Å². The lowest BCUT2D eigenvalue weighted by Crippen LogP contribution is -2.40. The van der Waals surface area contributed by atoms with Crippen LogP contribution in [0.15, 0.2) is 41.7 Å². The van der Waals surface area contributed by atoms with Crippen molar-refractivity contribution in [3.05, 3.63) is 47.3 Å². The van der Waals surface area contributed by atoms with Gasteiger partial charge < -0.3 is 0 Å².